The van der Waals surface area contributed by atoms with Gasteiger partial charge in [-0.1, -0.05) is 0 Å². The summed E-state index contributed by atoms with van der Waals surface area (Å²) < 4.78 is 55.1. The Kier molecular flexibility index (Phi) is 14.9. The van der Waals surface area contributed by atoms with Crippen molar-refractivity contribution in [2.45, 2.75) is 115 Å². The van der Waals surface area contributed by atoms with E-state index in [-0.39, 0.29) is 0 Å². The Bertz CT molecular complexity index is 1200. The second-order valence-corrected chi connectivity index (χ2v) is 11.6. The van der Waals surface area contributed by atoms with Gasteiger partial charge in [0.25, 0.3) is 0 Å². The quantitative estimate of drug-likeness (QED) is 0.192. The number of rotatable bonds is 12. The zero-order chi connectivity index (χ0) is 35.6. The minimum atomic E-state index is -1.76. The van der Waals surface area contributed by atoms with Crippen LogP contribution >= 0.6 is 11.8 Å². The van der Waals surface area contributed by atoms with Crippen LogP contribution in [-0.2, 0) is 85.7 Å². The molecular weight excluding hydrogens is 656 g/mol. The molecule has 0 aromatic heterocycles. The van der Waals surface area contributed by atoms with Crippen LogP contribution in [0.1, 0.15) is 55.4 Å². The van der Waals surface area contributed by atoms with Crippen molar-refractivity contribution >= 4 is 59.5 Å². The molecule has 0 N–H and O–H groups in total. The van der Waals surface area contributed by atoms with E-state index in [2.05, 4.69) is 0 Å². The van der Waals surface area contributed by atoms with E-state index in [9.17, 15) is 38.4 Å². The Morgan fingerprint density at radius 3 is 1.34 bits per heavy atom. The molecule has 19 heteroatoms. The molecule has 2 fully saturated rings. The lowest BCUT2D eigenvalue weighted by Gasteiger charge is -2.48. The Hall–Kier alpha value is -3.97. The molecular formula is C28H38O18S. The first-order chi connectivity index (χ1) is 21.9. The fraction of sp³-hybridized carbons (Fsp3) is 0.714. The summed E-state index contributed by atoms with van der Waals surface area (Å²) in [5.41, 5.74) is -1.29. The number of esters is 8. The van der Waals surface area contributed by atoms with Gasteiger partial charge in [-0.05, 0) is 0 Å². The fourth-order valence-corrected chi connectivity index (χ4v) is 6.15. The minimum absolute atomic E-state index is 0.432. The van der Waals surface area contributed by atoms with Crippen LogP contribution in [0.15, 0.2) is 0 Å². The molecule has 0 aromatic carbocycles. The van der Waals surface area contributed by atoms with Gasteiger partial charge >= 0.3 is 47.8 Å². The monoisotopic (exact) mass is 694 g/mol. The van der Waals surface area contributed by atoms with Crippen molar-refractivity contribution in [2.75, 3.05) is 13.2 Å². The van der Waals surface area contributed by atoms with Crippen LogP contribution in [0.5, 0.6) is 0 Å². The maximum atomic E-state index is 12.3. The van der Waals surface area contributed by atoms with Gasteiger partial charge in [0.1, 0.15) is 25.4 Å². The van der Waals surface area contributed by atoms with Crippen LogP contribution in [0.4, 0.5) is 0 Å². The van der Waals surface area contributed by atoms with Crippen molar-refractivity contribution in [1.29, 1.82) is 0 Å². The molecule has 2 rings (SSSR count). The summed E-state index contributed by atoms with van der Waals surface area (Å²) in [5.74, 6) is -6.66. The van der Waals surface area contributed by atoms with Crippen LogP contribution in [0, 0.1) is 0 Å². The van der Waals surface area contributed by atoms with Gasteiger partial charge in [-0.3, -0.25) is 38.4 Å². The molecule has 2 heterocycles. The SMILES string of the molecule is CC(=O)OC[C@@H]1S[C@@H](OC(C)=O)[C@H](OC(C)=O)[C@@H](OC(C)=O)[C@@H]1O[C@@H]1O[C@H](COC(C)=O)[C@H](OC(C)=O)[C@H](OC(C)=O)[C@H]1OC(C)=O. The zero-order valence-corrected chi connectivity index (χ0v) is 27.8. The Balaban J connectivity index is 2.73. The Morgan fingerprint density at radius 2 is 0.872 bits per heavy atom. The number of carbonyl (C=O) groups is 8. The van der Waals surface area contributed by atoms with Crippen molar-refractivity contribution in [3.05, 3.63) is 0 Å². The number of thioether (sulfide) groups is 1. The standard InChI is InChI=1S/C28H38O18S/c1-11(29)37-9-19-21(39-13(3)31)23(40-14(4)32)25(42-16(6)34)27(45-19)46-22-20(10-38-12(2)30)47-28(44-18(8)36)26(43-17(7)35)24(22)41-15(5)33/h19-28H,9-10H2,1-8H3/t19-,20+,21+,22-,23+,24+,25-,26-,27+,28-/m1/s1. The van der Waals surface area contributed by atoms with E-state index in [1.807, 2.05) is 0 Å². The predicted molar refractivity (Wildman–Crippen MR) is 152 cm³/mol. The van der Waals surface area contributed by atoms with Crippen LogP contribution < -0.4 is 0 Å². The van der Waals surface area contributed by atoms with E-state index in [4.69, 9.17) is 47.4 Å². The fourth-order valence-electron chi connectivity index (χ4n) is 4.73. The van der Waals surface area contributed by atoms with Crippen LogP contribution in [0.2, 0.25) is 0 Å². The predicted octanol–water partition coefficient (Wildman–Crippen LogP) is -0.114. The van der Waals surface area contributed by atoms with Gasteiger partial charge < -0.3 is 47.4 Å². The molecule has 0 spiro atoms. The second-order valence-electron chi connectivity index (χ2n) is 10.3. The van der Waals surface area contributed by atoms with Crippen molar-refractivity contribution < 1.29 is 85.7 Å². The maximum absolute atomic E-state index is 12.3. The molecule has 0 unspecified atom stereocenters. The topological polar surface area (TPSA) is 229 Å². The molecule has 264 valence electrons. The molecule has 0 amide bonds. The molecule has 0 bridgehead atoms. The summed E-state index contributed by atoms with van der Waals surface area (Å²) in [4.78, 5) is 96.5. The number of hydrogen-bond acceptors (Lipinski definition) is 19. The van der Waals surface area contributed by atoms with Crippen LogP contribution in [0.3, 0.4) is 0 Å². The third-order valence-corrected chi connectivity index (χ3v) is 7.55. The lowest BCUT2D eigenvalue weighted by Crippen LogP contribution is -2.66. The van der Waals surface area contributed by atoms with Gasteiger partial charge in [-0.15, -0.1) is 11.8 Å². The van der Waals surface area contributed by atoms with Gasteiger partial charge in [0.15, 0.2) is 42.2 Å². The highest BCUT2D eigenvalue weighted by Crippen LogP contribution is 2.41. The van der Waals surface area contributed by atoms with Crippen LogP contribution in [0.25, 0.3) is 0 Å². The first-order valence-corrected chi connectivity index (χ1v) is 15.1. The van der Waals surface area contributed by atoms with Crippen LogP contribution in [-0.4, -0.2) is 121 Å². The molecule has 18 nitrogen and oxygen atoms in total. The molecule has 0 saturated carbocycles. The third-order valence-electron chi connectivity index (χ3n) is 6.17. The maximum Gasteiger partial charge on any atom is 0.303 e. The summed E-state index contributed by atoms with van der Waals surface area (Å²) in [6, 6.07) is 0. The molecule has 2 aliphatic heterocycles. The van der Waals surface area contributed by atoms with E-state index < -0.39 is 121 Å². The smallest absolute Gasteiger partial charge is 0.303 e. The third kappa shape index (κ3) is 12.3. The number of carbonyl (C=O) groups excluding carboxylic acids is 8. The average molecular weight is 695 g/mol. The highest BCUT2D eigenvalue weighted by molar-refractivity contribution is 8.00. The van der Waals surface area contributed by atoms with Gasteiger partial charge in [-0.25, -0.2) is 0 Å². The molecule has 0 radical (unpaired) electrons. The van der Waals surface area contributed by atoms with E-state index in [1.54, 1.807) is 0 Å². The van der Waals surface area contributed by atoms with Crippen molar-refractivity contribution in [2.24, 2.45) is 0 Å². The van der Waals surface area contributed by atoms with Gasteiger partial charge in [0, 0.05) is 55.4 Å². The van der Waals surface area contributed by atoms with Crippen molar-refractivity contribution in [3.8, 4) is 0 Å². The highest BCUT2D eigenvalue weighted by atomic mass is 32.2. The molecule has 0 aromatic rings. The number of hydrogen-bond donors (Lipinski definition) is 0. The summed E-state index contributed by atoms with van der Waals surface area (Å²) >= 11 is 0.829. The van der Waals surface area contributed by atoms with Gasteiger partial charge in [0.2, 0.25) is 0 Å². The van der Waals surface area contributed by atoms with E-state index in [0.29, 0.717) is 0 Å². The molecule has 47 heavy (non-hydrogen) atoms. The summed E-state index contributed by atoms with van der Waals surface area (Å²) in [5, 5.41) is -1.05. The highest BCUT2D eigenvalue weighted by Gasteiger charge is 2.57. The molecule has 2 saturated heterocycles. The van der Waals surface area contributed by atoms with Crippen molar-refractivity contribution in [1.82, 2.24) is 0 Å². The van der Waals surface area contributed by atoms with E-state index >= 15 is 0 Å². The van der Waals surface area contributed by atoms with Gasteiger partial charge in [0.05, 0.1) is 5.25 Å². The molecule has 2 aliphatic rings. The number of ether oxygens (including phenoxy) is 10. The van der Waals surface area contributed by atoms with E-state index in [0.717, 1.165) is 67.2 Å². The normalized spacial score (nSPS) is 30.0. The molecule has 0 aliphatic carbocycles. The Labute approximate surface area is 273 Å². The molecule has 10 atom stereocenters. The lowest BCUT2D eigenvalue weighted by molar-refractivity contribution is -0.325. The zero-order valence-electron chi connectivity index (χ0n) is 26.9. The summed E-state index contributed by atoms with van der Waals surface area (Å²) in [6.45, 7) is 7.52. The van der Waals surface area contributed by atoms with Crippen molar-refractivity contribution in [3.63, 3.8) is 0 Å². The van der Waals surface area contributed by atoms with Gasteiger partial charge in [-0.2, -0.15) is 0 Å². The first kappa shape index (κ1) is 39.2. The lowest BCUT2D eigenvalue weighted by atomic mass is 9.97. The summed E-state index contributed by atoms with van der Waals surface area (Å²) in [7, 11) is 0. The van der Waals surface area contributed by atoms with E-state index in [1.165, 1.54) is 0 Å². The minimum Gasteiger partial charge on any atom is -0.465 e. The Morgan fingerprint density at radius 1 is 0.468 bits per heavy atom. The second kappa shape index (κ2) is 17.8. The summed E-state index contributed by atoms with van der Waals surface area (Å²) in [6.07, 6.45) is -12.5. The average Bonchev–Trinajstić information content (AvgIpc) is 2.91. The largest absolute Gasteiger partial charge is 0.465 e. The first-order valence-electron chi connectivity index (χ1n) is 14.2.